The van der Waals surface area contributed by atoms with Crippen molar-refractivity contribution in [3.05, 3.63) is 35.5 Å². The number of nitrogen functional groups attached to an aromatic ring is 1. The van der Waals surface area contributed by atoms with E-state index in [-0.39, 0.29) is 5.41 Å². The van der Waals surface area contributed by atoms with Gasteiger partial charge in [-0.2, -0.15) is 0 Å². The van der Waals surface area contributed by atoms with Gasteiger partial charge in [0.15, 0.2) is 0 Å². The second-order valence-corrected chi connectivity index (χ2v) is 5.54. The Hall–Kier alpha value is -1.57. The molecular formula is C15H20N2. The molecule has 0 aliphatic carbocycles. The highest BCUT2D eigenvalue weighted by atomic mass is 14.7. The van der Waals surface area contributed by atoms with Crippen LogP contribution in [-0.4, -0.2) is 4.98 Å². The van der Waals surface area contributed by atoms with Gasteiger partial charge in [0.25, 0.3) is 0 Å². The van der Waals surface area contributed by atoms with E-state index in [2.05, 4.69) is 50.9 Å². The third-order valence-corrected chi connectivity index (χ3v) is 3.12. The van der Waals surface area contributed by atoms with Crippen molar-refractivity contribution in [3.63, 3.8) is 0 Å². The van der Waals surface area contributed by atoms with E-state index in [1.54, 1.807) is 0 Å². The minimum absolute atomic E-state index is 0.143. The van der Waals surface area contributed by atoms with Crippen LogP contribution in [0.2, 0.25) is 0 Å². The van der Waals surface area contributed by atoms with E-state index in [1.165, 1.54) is 5.56 Å². The number of nitrogens with zero attached hydrogens (tertiary/aromatic N) is 1. The zero-order valence-electron chi connectivity index (χ0n) is 11.0. The van der Waals surface area contributed by atoms with Gasteiger partial charge in [-0.05, 0) is 35.6 Å². The van der Waals surface area contributed by atoms with E-state index in [1.807, 2.05) is 6.07 Å². The molecule has 2 rings (SSSR count). The lowest BCUT2D eigenvalue weighted by molar-refractivity contribution is 0.591. The van der Waals surface area contributed by atoms with Gasteiger partial charge in [0.05, 0.1) is 5.52 Å². The van der Waals surface area contributed by atoms with Crippen molar-refractivity contribution < 1.29 is 0 Å². The highest BCUT2D eigenvalue weighted by Gasteiger charge is 2.14. The van der Waals surface area contributed by atoms with E-state index in [0.29, 0.717) is 0 Å². The van der Waals surface area contributed by atoms with Crippen molar-refractivity contribution in [1.82, 2.24) is 4.98 Å². The fourth-order valence-corrected chi connectivity index (χ4v) is 1.96. The molecule has 0 fully saturated rings. The number of hydrogen-bond donors (Lipinski definition) is 1. The first-order chi connectivity index (χ1) is 7.91. The summed E-state index contributed by atoms with van der Waals surface area (Å²) < 4.78 is 0. The molecular weight excluding hydrogens is 208 g/mol. The maximum Gasteiger partial charge on any atom is 0.0726 e. The first-order valence-electron chi connectivity index (χ1n) is 6.11. The molecule has 2 N–H and O–H groups in total. The summed E-state index contributed by atoms with van der Waals surface area (Å²) in [6.45, 7) is 8.71. The van der Waals surface area contributed by atoms with E-state index in [9.17, 15) is 0 Å². The Kier molecular flexibility index (Phi) is 2.82. The zero-order valence-corrected chi connectivity index (χ0v) is 11.0. The van der Waals surface area contributed by atoms with Gasteiger partial charge in [0.2, 0.25) is 0 Å². The van der Waals surface area contributed by atoms with Crippen molar-refractivity contribution in [1.29, 1.82) is 0 Å². The largest absolute Gasteiger partial charge is 0.398 e. The standard InChI is InChI=1S/C15H20N2/c1-5-11-9-13(16)12-8-10(15(2,3)4)6-7-14(12)17-11/h6-9H,5H2,1-4H3,(H2,16,17). The lowest BCUT2D eigenvalue weighted by Gasteiger charge is -2.19. The van der Waals surface area contributed by atoms with Crippen LogP contribution in [-0.2, 0) is 11.8 Å². The summed E-state index contributed by atoms with van der Waals surface area (Å²) in [7, 11) is 0. The van der Waals surface area contributed by atoms with Crippen LogP contribution in [0.3, 0.4) is 0 Å². The molecule has 2 aromatic rings. The molecule has 0 bridgehead atoms. The number of hydrogen-bond acceptors (Lipinski definition) is 2. The van der Waals surface area contributed by atoms with Gasteiger partial charge in [-0.1, -0.05) is 33.8 Å². The minimum atomic E-state index is 0.143. The summed E-state index contributed by atoms with van der Waals surface area (Å²) in [5.41, 5.74) is 10.4. The van der Waals surface area contributed by atoms with Crippen LogP contribution in [0.4, 0.5) is 5.69 Å². The van der Waals surface area contributed by atoms with Crippen LogP contribution in [0, 0.1) is 0 Å². The van der Waals surface area contributed by atoms with E-state index < -0.39 is 0 Å². The Labute approximate surface area is 103 Å². The van der Waals surface area contributed by atoms with E-state index in [0.717, 1.165) is 28.7 Å². The molecule has 0 aliphatic heterocycles. The van der Waals surface area contributed by atoms with Gasteiger partial charge in [-0.15, -0.1) is 0 Å². The molecule has 0 aliphatic rings. The molecule has 17 heavy (non-hydrogen) atoms. The summed E-state index contributed by atoms with van der Waals surface area (Å²) in [6, 6.07) is 8.37. The van der Waals surface area contributed by atoms with Gasteiger partial charge in [0, 0.05) is 16.8 Å². The van der Waals surface area contributed by atoms with Gasteiger partial charge < -0.3 is 5.73 Å². The Bertz CT molecular complexity index is 551. The number of fused-ring (bicyclic) bond motifs is 1. The number of anilines is 1. The number of pyridine rings is 1. The van der Waals surface area contributed by atoms with E-state index >= 15 is 0 Å². The molecule has 1 heterocycles. The topological polar surface area (TPSA) is 38.9 Å². The second kappa shape index (κ2) is 4.02. The number of aryl methyl sites for hydroxylation is 1. The van der Waals surface area contributed by atoms with E-state index in [4.69, 9.17) is 5.73 Å². The van der Waals surface area contributed by atoms with Crippen LogP contribution in [0.5, 0.6) is 0 Å². The third kappa shape index (κ3) is 2.26. The fourth-order valence-electron chi connectivity index (χ4n) is 1.96. The number of rotatable bonds is 1. The van der Waals surface area contributed by atoms with Crippen molar-refractivity contribution in [2.75, 3.05) is 5.73 Å². The van der Waals surface area contributed by atoms with Crippen molar-refractivity contribution in [3.8, 4) is 0 Å². The molecule has 0 saturated carbocycles. The van der Waals surface area contributed by atoms with Gasteiger partial charge in [0.1, 0.15) is 0 Å². The average Bonchev–Trinajstić information content (AvgIpc) is 2.27. The van der Waals surface area contributed by atoms with Gasteiger partial charge in [-0.3, -0.25) is 4.98 Å². The maximum atomic E-state index is 6.10. The molecule has 1 aromatic carbocycles. The summed E-state index contributed by atoms with van der Waals surface area (Å²) in [5.74, 6) is 0. The van der Waals surface area contributed by atoms with Crippen LogP contribution >= 0.6 is 0 Å². The predicted molar refractivity (Wildman–Crippen MR) is 74.2 cm³/mol. The summed E-state index contributed by atoms with van der Waals surface area (Å²) in [6.07, 6.45) is 0.918. The van der Waals surface area contributed by atoms with Crippen LogP contribution in [0.1, 0.15) is 39.0 Å². The molecule has 1 aromatic heterocycles. The molecule has 0 radical (unpaired) electrons. The monoisotopic (exact) mass is 228 g/mol. The van der Waals surface area contributed by atoms with Crippen molar-refractivity contribution in [2.24, 2.45) is 0 Å². The first kappa shape index (κ1) is 11.9. The third-order valence-electron chi connectivity index (χ3n) is 3.12. The summed E-state index contributed by atoms with van der Waals surface area (Å²) in [4.78, 5) is 4.60. The Morgan fingerprint density at radius 2 is 1.88 bits per heavy atom. The normalized spacial score (nSPS) is 12.0. The molecule has 0 unspecified atom stereocenters. The molecule has 0 amide bonds. The summed E-state index contributed by atoms with van der Waals surface area (Å²) >= 11 is 0. The molecule has 2 nitrogen and oxygen atoms in total. The smallest absolute Gasteiger partial charge is 0.0726 e. The van der Waals surface area contributed by atoms with Crippen LogP contribution in [0.15, 0.2) is 24.3 Å². The van der Waals surface area contributed by atoms with Crippen LogP contribution < -0.4 is 5.73 Å². The average molecular weight is 228 g/mol. The molecule has 2 heteroatoms. The number of aromatic nitrogens is 1. The minimum Gasteiger partial charge on any atom is -0.398 e. The number of nitrogens with two attached hydrogens (primary N) is 1. The first-order valence-corrected chi connectivity index (χ1v) is 6.11. The highest BCUT2D eigenvalue weighted by Crippen LogP contribution is 2.28. The predicted octanol–water partition coefficient (Wildman–Crippen LogP) is 3.68. The Morgan fingerprint density at radius 1 is 1.18 bits per heavy atom. The van der Waals surface area contributed by atoms with Gasteiger partial charge in [-0.25, -0.2) is 0 Å². The Balaban J connectivity index is 2.67. The zero-order chi connectivity index (χ0) is 12.6. The quantitative estimate of drug-likeness (QED) is 0.808. The van der Waals surface area contributed by atoms with Gasteiger partial charge >= 0.3 is 0 Å². The SMILES string of the molecule is CCc1cc(N)c2cc(C(C)(C)C)ccc2n1. The number of benzene rings is 1. The summed E-state index contributed by atoms with van der Waals surface area (Å²) in [5, 5.41) is 1.06. The molecule has 0 saturated heterocycles. The second-order valence-electron chi connectivity index (χ2n) is 5.54. The highest BCUT2D eigenvalue weighted by molar-refractivity contribution is 5.90. The van der Waals surface area contributed by atoms with Crippen LogP contribution in [0.25, 0.3) is 10.9 Å². The van der Waals surface area contributed by atoms with Crippen molar-refractivity contribution in [2.45, 2.75) is 39.5 Å². The Morgan fingerprint density at radius 3 is 2.47 bits per heavy atom. The lowest BCUT2D eigenvalue weighted by Crippen LogP contribution is -2.11. The van der Waals surface area contributed by atoms with Crippen molar-refractivity contribution >= 4 is 16.6 Å². The fraction of sp³-hybridized carbons (Fsp3) is 0.400. The lowest BCUT2D eigenvalue weighted by atomic mass is 9.86. The molecule has 0 spiro atoms. The molecule has 0 atom stereocenters. The molecule has 90 valence electrons. The maximum absolute atomic E-state index is 6.10.